The van der Waals surface area contributed by atoms with Gasteiger partial charge in [0.25, 0.3) is 0 Å². The van der Waals surface area contributed by atoms with Crippen LogP contribution in [0.1, 0.15) is 81.6 Å². The maximum atomic E-state index is 14.1. The molecule has 0 bridgehead atoms. The molecular weight excluding hydrogens is 609 g/mol. The zero-order chi connectivity index (χ0) is 31.8. The minimum atomic E-state index is -4.67. The van der Waals surface area contributed by atoms with Gasteiger partial charge in [0.1, 0.15) is 5.56 Å². The molecule has 2 aromatic carbocycles. The average molecular weight is 641 g/mol. The average Bonchev–Trinajstić information content (AvgIpc) is 3.30. The Morgan fingerprint density at radius 1 is 1.13 bits per heavy atom. The van der Waals surface area contributed by atoms with Crippen molar-refractivity contribution in [1.82, 2.24) is 29.1 Å². The Morgan fingerprint density at radius 3 is 2.64 bits per heavy atom. The van der Waals surface area contributed by atoms with Crippen LogP contribution in [0.3, 0.4) is 0 Å². The van der Waals surface area contributed by atoms with E-state index in [9.17, 15) is 26.4 Å². The lowest BCUT2D eigenvalue weighted by molar-refractivity contribution is -0.137. The second-order valence-electron chi connectivity index (χ2n) is 12.2. The fraction of sp³-hybridized carbons (Fsp3) is 0.419. The molecule has 1 fully saturated rings. The minimum absolute atomic E-state index is 0.0486. The van der Waals surface area contributed by atoms with Gasteiger partial charge < -0.3 is 4.74 Å². The van der Waals surface area contributed by atoms with E-state index in [2.05, 4.69) is 15.4 Å². The van der Waals surface area contributed by atoms with Crippen molar-refractivity contribution in [3.8, 4) is 5.69 Å². The quantitative estimate of drug-likeness (QED) is 0.284. The summed E-state index contributed by atoms with van der Waals surface area (Å²) in [6.45, 7) is 2.09. The smallest absolute Gasteiger partial charge is 0.416 e. The predicted molar refractivity (Wildman–Crippen MR) is 155 cm³/mol. The standard InChI is InChI=1S/C31H31F3N6O4S/c1-17-11-18-7-8-19(31(32,33)34)12-28(18)45(42,43)39(15-17)26-10-9-21-20(26)5-4-6-27(21)40-29(24(14-35-40)30(41)44-3)23-13-22(23)25-16-38(2)37-36-25/h4-8,12,14,16-17,22-23,26H,9-11,13,15H2,1-3H3/t17-,22+,23+,26?/m0/s1. The number of hydrogen-bond acceptors (Lipinski definition) is 7. The fourth-order valence-electron chi connectivity index (χ4n) is 7.05. The van der Waals surface area contributed by atoms with Gasteiger partial charge in [0.05, 0.1) is 46.9 Å². The Labute approximate surface area is 257 Å². The number of nitrogens with zero attached hydrogens (tertiary/aromatic N) is 6. The molecule has 7 rings (SSSR count). The van der Waals surface area contributed by atoms with Crippen molar-refractivity contribution in [1.29, 1.82) is 0 Å². The highest BCUT2D eigenvalue weighted by Crippen LogP contribution is 2.55. The molecule has 1 saturated carbocycles. The summed E-state index contributed by atoms with van der Waals surface area (Å²) in [5, 5.41) is 12.9. The maximum Gasteiger partial charge on any atom is 0.416 e. The number of aromatic nitrogens is 5. The van der Waals surface area contributed by atoms with Gasteiger partial charge in [-0.1, -0.05) is 30.3 Å². The lowest BCUT2D eigenvalue weighted by atomic mass is 9.99. The number of hydrogen-bond donors (Lipinski definition) is 0. The summed E-state index contributed by atoms with van der Waals surface area (Å²) in [5.74, 6) is -0.628. The van der Waals surface area contributed by atoms with E-state index in [1.807, 2.05) is 31.3 Å². The topological polar surface area (TPSA) is 112 Å². The Kier molecular flexibility index (Phi) is 6.93. The number of fused-ring (bicyclic) bond motifs is 2. The lowest BCUT2D eigenvalue weighted by Gasteiger charge is -2.29. The van der Waals surface area contributed by atoms with E-state index in [4.69, 9.17) is 4.74 Å². The van der Waals surface area contributed by atoms with Gasteiger partial charge >= 0.3 is 12.1 Å². The number of carbonyl (C=O) groups excluding carboxylic acids is 1. The summed E-state index contributed by atoms with van der Waals surface area (Å²) >= 11 is 0. The third-order valence-electron chi connectivity index (χ3n) is 9.18. The van der Waals surface area contributed by atoms with E-state index >= 15 is 0 Å². The van der Waals surface area contributed by atoms with Gasteiger partial charge in [0.2, 0.25) is 10.0 Å². The van der Waals surface area contributed by atoms with E-state index in [-0.39, 0.29) is 29.2 Å². The molecule has 4 aromatic rings. The summed E-state index contributed by atoms with van der Waals surface area (Å²) in [7, 11) is -1.15. The van der Waals surface area contributed by atoms with Gasteiger partial charge in [-0.15, -0.1) is 5.10 Å². The highest BCUT2D eigenvalue weighted by molar-refractivity contribution is 7.89. The third-order valence-corrected chi connectivity index (χ3v) is 11.1. The van der Waals surface area contributed by atoms with Crippen molar-refractivity contribution < 1.29 is 31.1 Å². The summed E-state index contributed by atoms with van der Waals surface area (Å²) in [6.07, 6.45) is 0.761. The monoisotopic (exact) mass is 640 g/mol. The molecule has 3 heterocycles. The van der Waals surface area contributed by atoms with Crippen molar-refractivity contribution >= 4 is 16.0 Å². The van der Waals surface area contributed by atoms with Gasteiger partial charge in [-0.05, 0) is 66.5 Å². The van der Waals surface area contributed by atoms with Crippen LogP contribution in [0, 0.1) is 5.92 Å². The molecule has 10 nitrogen and oxygen atoms in total. The molecule has 0 spiro atoms. The first-order chi connectivity index (χ1) is 21.4. The molecule has 236 valence electrons. The van der Waals surface area contributed by atoms with Crippen LogP contribution in [0.4, 0.5) is 13.2 Å². The minimum Gasteiger partial charge on any atom is -0.465 e. The number of halogens is 3. The normalized spacial score (nSPS) is 24.1. The fourth-order valence-corrected chi connectivity index (χ4v) is 9.07. The van der Waals surface area contributed by atoms with Crippen LogP contribution >= 0.6 is 0 Å². The molecule has 14 heteroatoms. The third kappa shape index (κ3) is 4.94. The van der Waals surface area contributed by atoms with Gasteiger partial charge in [0.15, 0.2) is 0 Å². The molecule has 0 amide bonds. The number of carbonyl (C=O) groups is 1. The number of ether oxygens (including phenoxy) is 1. The SMILES string of the molecule is COC(=O)c1cnn(-c2cccc3c2CCC3N2C[C@@H](C)Cc3ccc(C(F)(F)F)cc3S2(=O)=O)c1[C@@H]1C[C@H]1c1cn(C)nn1. The molecule has 2 aromatic heterocycles. The van der Waals surface area contributed by atoms with Crippen LogP contribution in [-0.2, 0) is 40.8 Å². The summed E-state index contributed by atoms with van der Waals surface area (Å²) in [4.78, 5) is 12.5. The van der Waals surface area contributed by atoms with Gasteiger partial charge in [-0.2, -0.15) is 22.6 Å². The number of esters is 1. The van der Waals surface area contributed by atoms with Crippen LogP contribution in [0.15, 0.2) is 53.7 Å². The summed E-state index contributed by atoms with van der Waals surface area (Å²) in [5.41, 5.74) is 3.66. The molecule has 0 radical (unpaired) electrons. The Hall–Kier alpha value is -4.04. The largest absolute Gasteiger partial charge is 0.465 e. The first kappa shape index (κ1) is 29.7. The van der Waals surface area contributed by atoms with Gasteiger partial charge in [-0.3, -0.25) is 4.68 Å². The Bertz CT molecular complexity index is 1940. The first-order valence-electron chi connectivity index (χ1n) is 14.7. The number of sulfonamides is 1. The van der Waals surface area contributed by atoms with Gasteiger partial charge in [-0.25, -0.2) is 17.9 Å². The van der Waals surface area contributed by atoms with Crippen LogP contribution < -0.4 is 0 Å². The molecule has 0 saturated heterocycles. The van der Waals surface area contributed by atoms with Crippen molar-refractivity contribution in [2.24, 2.45) is 13.0 Å². The molecule has 3 aliphatic rings. The van der Waals surface area contributed by atoms with Crippen molar-refractivity contribution in [3.63, 3.8) is 0 Å². The highest BCUT2D eigenvalue weighted by Gasteiger charge is 2.47. The number of benzene rings is 2. The molecule has 0 N–H and O–H groups in total. The van der Waals surface area contributed by atoms with E-state index in [0.29, 0.717) is 36.1 Å². The zero-order valence-electron chi connectivity index (χ0n) is 24.8. The van der Waals surface area contributed by atoms with Gasteiger partial charge in [0, 0.05) is 31.6 Å². The van der Waals surface area contributed by atoms with Crippen LogP contribution in [0.25, 0.3) is 5.69 Å². The molecule has 1 unspecified atom stereocenters. The summed E-state index contributed by atoms with van der Waals surface area (Å²) in [6, 6.07) is 8.04. The van der Waals surface area contributed by atoms with E-state index < -0.39 is 33.8 Å². The lowest BCUT2D eigenvalue weighted by Crippen LogP contribution is -2.36. The molecule has 4 atom stereocenters. The highest BCUT2D eigenvalue weighted by atomic mass is 32.2. The zero-order valence-corrected chi connectivity index (χ0v) is 25.6. The molecular formula is C31H31F3N6O4S. The Balaban J connectivity index is 1.29. The Morgan fingerprint density at radius 2 is 1.93 bits per heavy atom. The number of aryl methyl sites for hydroxylation is 1. The maximum absolute atomic E-state index is 14.1. The van der Waals surface area contributed by atoms with Crippen LogP contribution in [0.2, 0.25) is 0 Å². The first-order valence-corrected chi connectivity index (χ1v) is 16.2. The van der Waals surface area contributed by atoms with E-state index in [1.165, 1.54) is 23.7 Å². The second-order valence-corrected chi connectivity index (χ2v) is 14.1. The number of methoxy groups -OCH3 is 1. The van der Waals surface area contributed by atoms with E-state index in [1.54, 1.807) is 16.4 Å². The second kappa shape index (κ2) is 10.5. The van der Waals surface area contributed by atoms with E-state index in [0.717, 1.165) is 41.1 Å². The van der Waals surface area contributed by atoms with Crippen molar-refractivity contribution in [3.05, 3.63) is 88.0 Å². The van der Waals surface area contributed by atoms with Crippen molar-refractivity contribution in [2.75, 3.05) is 13.7 Å². The number of rotatable bonds is 5. The van der Waals surface area contributed by atoms with Crippen LogP contribution in [0.5, 0.6) is 0 Å². The van der Waals surface area contributed by atoms with Crippen molar-refractivity contribution in [2.45, 2.75) is 61.6 Å². The summed E-state index contributed by atoms with van der Waals surface area (Å²) < 4.78 is 78.9. The molecule has 2 aliphatic carbocycles. The molecule has 1 aliphatic heterocycles. The molecule has 45 heavy (non-hydrogen) atoms. The van der Waals surface area contributed by atoms with Crippen LogP contribution in [-0.4, -0.2) is 57.1 Å². The number of alkyl halides is 3. The predicted octanol–water partition coefficient (Wildman–Crippen LogP) is 4.95.